The molecule has 136 valence electrons. The van der Waals surface area contributed by atoms with Crippen molar-refractivity contribution in [2.45, 2.75) is 19.9 Å². The van der Waals surface area contributed by atoms with E-state index >= 15 is 0 Å². The first-order valence-electron chi connectivity index (χ1n) is 8.47. The van der Waals surface area contributed by atoms with Gasteiger partial charge in [0.1, 0.15) is 11.6 Å². The molecule has 4 rings (SSSR count). The van der Waals surface area contributed by atoms with Gasteiger partial charge in [-0.15, -0.1) is 0 Å². The van der Waals surface area contributed by atoms with Crippen molar-refractivity contribution in [3.05, 3.63) is 66.4 Å². The molecule has 0 spiro atoms. The van der Waals surface area contributed by atoms with Crippen molar-refractivity contribution >= 4 is 0 Å². The van der Waals surface area contributed by atoms with Crippen molar-refractivity contribution in [3.63, 3.8) is 0 Å². The van der Waals surface area contributed by atoms with E-state index < -0.39 is 11.6 Å². The molecule has 0 aliphatic carbocycles. The summed E-state index contributed by atoms with van der Waals surface area (Å²) in [6, 6.07) is 12.9. The third kappa shape index (κ3) is 3.12. The normalized spacial score (nSPS) is 11.3. The van der Waals surface area contributed by atoms with Crippen LogP contribution < -0.4 is 0 Å². The molecule has 7 heteroatoms. The van der Waals surface area contributed by atoms with Crippen LogP contribution in [0.5, 0.6) is 0 Å². The van der Waals surface area contributed by atoms with E-state index in [2.05, 4.69) is 15.2 Å². The lowest BCUT2D eigenvalue weighted by Gasteiger charge is -2.12. The lowest BCUT2D eigenvalue weighted by Crippen LogP contribution is -2.04. The Kier molecular flexibility index (Phi) is 4.27. The maximum Gasteiger partial charge on any atom is 0.262 e. The van der Waals surface area contributed by atoms with Crippen molar-refractivity contribution < 1.29 is 13.3 Å². The molecular formula is C20H16F2N4O. The smallest absolute Gasteiger partial charge is 0.262 e. The third-order valence-corrected chi connectivity index (χ3v) is 4.16. The van der Waals surface area contributed by atoms with Gasteiger partial charge in [-0.25, -0.2) is 8.78 Å². The highest BCUT2D eigenvalue weighted by Crippen LogP contribution is 2.34. The van der Waals surface area contributed by atoms with Crippen molar-refractivity contribution in [2.75, 3.05) is 0 Å². The Labute approximate surface area is 154 Å². The average Bonchev–Trinajstić information content (AvgIpc) is 3.31. The van der Waals surface area contributed by atoms with Gasteiger partial charge in [0.05, 0.1) is 23.0 Å². The summed E-state index contributed by atoms with van der Waals surface area (Å²) < 4.78 is 34.7. The van der Waals surface area contributed by atoms with E-state index in [9.17, 15) is 8.78 Å². The second kappa shape index (κ2) is 6.75. The van der Waals surface area contributed by atoms with Crippen LogP contribution in [-0.4, -0.2) is 19.9 Å². The van der Waals surface area contributed by atoms with Gasteiger partial charge in [0.2, 0.25) is 5.82 Å². The van der Waals surface area contributed by atoms with Gasteiger partial charge in [-0.2, -0.15) is 10.1 Å². The molecule has 2 aromatic heterocycles. The summed E-state index contributed by atoms with van der Waals surface area (Å²) in [5, 5.41) is 8.26. The molecule has 0 saturated carbocycles. The summed E-state index contributed by atoms with van der Waals surface area (Å²) in [5.74, 6) is -1.02. The maximum absolute atomic E-state index is 14.0. The van der Waals surface area contributed by atoms with Crippen LogP contribution in [0.4, 0.5) is 8.78 Å². The number of hydrogen-bond acceptors (Lipinski definition) is 4. The second-order valence-corrected chi connectivity index (χ2v) is 6.36. The molecule has 2 heterocycles. The summed E-state index contributed by atoms with van der Waals surface area (Å²) in [7, 11) is 0. The third-order valence-electron chi connectivity index (χ3n) is 4.16. The van der Waals surface area contributed by atoms with E-state index in [-0.39, 0.29) is 23.3 Å². The molecular weight excluding hydrogens is 350 g/mol. The van der Waals surface area contributed by atoms with Gasteiger partial charge in [-0.3, -0.25) is 4.68 Å². The minimum atomic E-state index is -0.620. The zero-order valence-electron chi connectivity index (χ0n) is 14.7. The minimum Gasteiger partial charge on any atom is -0.333 e. The summed E-state index contributed by atoms with van der Waals surface area (Å²) in [6.45, 7) is 4.04. The van der Waals surface area contributed by atoms with Crippen LogP contribution in [0.15, 0.2) is 59.3 Å². The van der Waals surface area contributed by atoms with Gasteiger partial charge >= 0.3 is 0 Å². The Balaban J connectivity index is 1.84. The highest BCUT2D eigenvalue weighted by atomic mass is 19.1. The molecule has 0 bridgehead atoms. The van der Waals surface area contributed by atoms with Crippen LogP contribution in [-0.2, 0) is 0 Å². The first-order valence-corrected chi connectivity index (χ1v) is 8.47. The zero-order chi connectivity index (χ0) is 19.0. The van der Waals surface area contributed by atoms with Gasteiger partial charge < -0.3 is 4.52 Å². The summed E-state index contributed by atoms with van der Waals surface area (Å²) in [4.78, 5) is 4.27. The van der Waals surface area contributed by atoms with Crippen molar-refractivity contribution in [2.24, 2.45) is 0 Å². The lowest BCUT2D eigenvalue weighted by molar-refractivity contribution is 0.432. The van der Waals surface area contributed by atoms with Gasteiger partial charge in [0.25, 0.3) is 5.89 Å². The van der Waals surface area contributed by atoms with Crippen molar-refractivity contribution in [3.8, 4) is 34.1 Å². The van der Waals surface area contributed by atoms with Crippen LogP contribution in [0.1, 0.15) is 19.9 Å². The molecule has 0 aliphatic heterocycles. The molecule has 0 fully saturated rings. The fraction of sp³-hybridized carbons (Fsp3) is 0.150. The first-order chi connectivity index (χ1) is 13.0. The van der Waals surface area contributed by atoms with E-state index in [4.69, 9.17) is 4.52 Å². The first kappa shape index (κ1) is 17.1. The molecule has 2 aromatic carbocycles. The largest absolute Gasteiger partial charge is 0.333 e. The number of halogens is 2. The Morgan fingerprint density at radius 1 is 1.00 bits per heavy atom. The number of aromatic nitrogens is 4. The fourth-order valence-corrected chi connectivity index (χ4v) is 2.91. The van der Waals surface area contributed by atoms with Crippen LogP contribution in [0, 0.1) is 11.6 Å². The molecule has 0 radical (unpaired) electrons. The monoisotopic (exact) mass is 366 g/mol. The predicted octanol–water partition coefficient (Wildman–Crippen LogP) is 5.13. The Bertz CT molecular complexity index is 1090. The minimum absolute atomic E-state index is 0.0155. The van der Waals surface area contributed by atoms with Gasteiger partial charge in [0, 0.05) is 11.6 Å². The van der Waals surface area contributed by atoms with E-state index in [1.54, 1.807) is 6.20 Å². The molecule has 0 N–H and O–H groups in total. The zero-order valence-corrected chi connectivity index (χ0v) is 14.7. The topological polar surface area (TPSA) is 56.7 Å². The summed E-state index contributed by atoms with van der Waals surface area (Å²) in [5.41, 5.74) is 2.34. The van der Waals surface area contributed by atoms with Gasteiger partial charge in [-0.1, -0.05) is 35.5 Å². The molecule has 27 heavy (non-hydrogen) atoms. The maximum atomic E-state index is 14.0. The van der Waals surface area contributed by atoms with Crippen LogP contribution in [0.2, 0.25) is 0 Å². The van der Waals surface area contributed by atoms with E-state index in [0.717, 1.165) is 29.5 Å². The quantitative estimate of drug-likeness (QED) is 0.503. The Morgan fingerprint density at radius 2 is 1.78 bits per heavy atom. The molecule has 0 unspecified atom stereocenters. The van der Waals surface area contributed by atoms with Crippen molar-refractivity contribution in [1.29, 1.82) is 0 Å². The molecule has 0 saturated heterocycles. The Morgan fingerprint density at radius 3 is 2.52 bits per heavy atom. The predicted molar refractivity (Wildman–Crippen MR) is 96.7 cm³/mol. The number of nitrogens with zero attached hydrogens (tertiary/aromatic N) is 4. The fourth-order valence-electron chi connectivity index (χ4n) is 2.91. The lowest BCUT2D eigenvalue weighted by atomic mass is 10.1. The number of benzene rings is 2. The van der Waals surface area contributed by atoms with Crippen LogP contribution in [0.3, 0.4) is 0 Å². The van der Waals surface area contributed by atoms with Crippen LogP contribution >= 0.6 is 0 Å². The molecule has 4 aromatic rings. The number of rotatable bonds is 4. The van der Waals surface area contributed by atoms with E-state index in [1.165, 1.54) is 0 Å². The van der Waals surface area contributed by atoms with Crippen LogP contribution in [0.25, 0.3) is 34.1 Å². The van der Waals surface area contributed by atoms with Crippen molar-refractivity contribution in [1.82, 2.24) is 19.9 Å². The average molecular weight is 366 g/mol. The molecule has 0 aliphatic rings. The van der Waals surface area contributed by atoms with Gasteiger partial charge in [0.15, 0.2) is 0 Å². The summed E-state index contributed by atoms with van der Waals surface area (Å²) >= 11 is 0. The second-order valence-electron chi connectivity index (χ2n) is 6.36. The number of hydrogen-bond donors (Lipinski definition) is 0. The highest BCUT2D eigenvalue weighted by Gasteiger charge is 2.22. The summed E-state index contributed by atoms with van der Waals surface area (Å²) in [6.07, 6.45) is 1.64. The SMILES string of the molecule is CC(C)n1ncc(-c2nc(-c3cc(F)ccc3F)no2)c1-c1ccccc1. The Hall–Kier alpha value is -3.35. The standard InChI is InChI=1S/C20H16F2N4O/c1-12(2)26-18(13-6-4-3-5-7-13)16(11-23-26)20-24-19(25-27-20)15-10-14(21)8-9-17(15)22/h3-12H,1-2H3. The van der Waals surface area contributed by atoms with E-state index in [0.29, 0.717) is 5.56 Å². The van der Waals surface area contributed by atoms with E-state index in [1.807, 2.05) is 48.9 Å². The molecule has 5 nitrogen and oxygen atoms in total. The van der Waals surface area contributed by atoms with Gasteiger partial charge in [-0.05, 0) is 32.0 Å². The highest BCUT2D eigenvalue weighted by molar-refractivity contribution is 5.77. The molecule has 0 amide bonds. The molecule has 0 atom stereocenters.